The topological polar surface area (TPSA) is 107 Å². The molecule has 0 fully saturated rings. The standard InChI is InChI=1S/C10H12N2O4S2/c1-2-8(3-4-11)12-18(15,16)9-5-7(6-17-9)10(13)14/h5-6,8,12H,2-3H2,1H3,(H,13,14). The molecule has 0 aromatic carbocycles. The minimum Gasteiger partial charge on any atom is -0.478 e. The Bertz CT molecular complexity index is 571. The minimum absolute atomic E-state index is 0.0590. The molecule has 2 N–H and O–H groups in total. The maximum absolute atomic E-state index is 11.9. The molecule has 0 saturated carbocycles. The van der Waals surface area contributed by atoms with Crippen LogP contribution in [0.2, 0.25) is 0 Å². The number of nitriles is 1. The van der Waals surface area contributed by atoms with Crippen LogP contribution >= 0.6 is 11.3 Å². The van der Waals surface area contributed by atoms with Crippen LogP contribution in [0.15, 0.2) is 15.7 Å². The van der Waals surface area contributed by atoms with E-state index in [-0.39, 0.29) is 16.2 Å². The third kappa shape index (κ3) is 3.53. The summed E-state index contributed by atoms with van der Waals surface area (Å²) in [6.45, 7) is 1.77. The van der Waals surface area contributed by atoms with Crippen LogP contribution in [0.25, 0.3) is 0 Å². The fourth-order valence-corrected chi connectivity index (χ4v) is 3.72. The lowest BCUT2D eigenvalue weighted by molar-refractivity contribution is 0.0697. The number of rotatable bonds is 6. The Morgan fingerprint density at radius 1 is 1.67 bits per heavy atom. The molecule has 0 aliphatic carbocycles. The Morgan fingerprint density at radius 2 is 2.33 bits per heavy atom. The average molecular weight is 288 g/mol. The number of carboxylic acid groups (broad SMARTS) is 1. The molecule has 0 saturated heterocycles. The van der Waals surface area contributed by atoms with Gasteiger partial charge in [-0.1, -0.05) is 6.92 Å². The van der Waals surface area contributed by atoms with E-state index in [4.69, 9.17) is 10.4 Å². The van der Waals surface area contributed by atoms with Crippen molar-refractivity contribution in [2.75, 3.05) is 0 Å². The average Bonchev–Trinajstić information content (AvgIpc) is 2.78. The highest BCUT2D eigenvalue weighted by molar-refractivity contribution is 7.91. The molecule has 0 amide bonds. The number of nitrogens with zero attached hydrogens (tertiary/aromatic N) is 1. The Labute approximate surface area is 109 Å². The van der Waals surface area contributed by atoms with Crippen LogP contribution in [-0.2, 0) is 10.0 Å². The Kier molecular flexibility index (Phi) is 4.84. The van der Waals surface area contributed by atoms with Gasteiger partial charge in [0.1, 0.15) is 4.21 Å². The molecule has 98 valence electrons. The molecule has 0 bridgehead atoms. The molecule has 1 aromatic heterocycles. The van der Waals surface area contributed by atoms with E-state index in [0.717, 1.165) is 17.4 Å². The number of sulfonamides is 1. The first kappa shape index (κ1) is 14.6. The summed E-state index contributed by atoms with van der Waals surface area (Å²) in [5.74, 6) is -1.17. The highest BCUT2D eigenvalue weighted by Crippen LogP contribution is 2.20. The van der Waals surface area contributed by atoms with Crippen molar-refractivity contribution in [2.24, 2.45) is 0 Å². The fraction of sp³-hybridized carbons (Fsp3) is 0.400. The largest absolute Gasteiger partial charge is 0.478 e. The maximum atomic E-state index is 11.9. The quantitative estimate of drug-likeness (QED) is 0.823. The van der Waals surface area contributed by atoms with Gasteiger partial charge < -0.3 is 5.11 Å². The second-order valence-corrected chi connectivity index (χ2v) is 6.40. The molecule has 8 heteroatoms. The molecular weight excluding hydrogens is 276 g/mol. The molecular formula is C10H12N2O4S2. The third-order valence-electron chi connectivity index (χ3n) is 2.24. The molecule has 6 nitrogen and oxygen atoms in total. The second-order valence-electron chi connectivity index (χ2n) is 3.55. The first-order chi connectivity index (χ1) is 8.40. The fourth-order valence-electron chi connectivity index (χ4n) is 1.23. The summed E-state index contributed by atoms with van der Waals surface area (Å²) in [7, 11) is -3.75. The Hall–Kier alpha value is -1.43. The van der Waals surface area contributed by atoms with E-state index in [1.165, 1.54) is 5.38 Å². The van der Waals surface area contributed by atoms with Gasteiger partial charge in [0.25, 0.3) is 0 Å². The number of carbonyl (C=O) groups is 1. The molecule has 18 heavy (non-hydrogen) atoms. The van der Waals surface area contributed by atoms with Crippen LogP contribution in [0, 0.1) is 11.3 Å². The van der Waals surface area contributed by atoms with Gasteiger partial charge in [-0.15, -0.1) is 11.3 Å². The molecule has 1 rings (SSSR count). The number of thiophene rings is 1. The minimum atomic E-state index is -3.75. The van der Waals surface area contributed by atoms with Crippen molar-refractivity contribution in [3.63, 3.8) is 0 Å². The van der Waals surface area contributed by atoms with Gasteiger partial charge in [0.05, 0.1) is 18.1 Å². The van der Waals surface area contributed by atoms with E-state index in [2.05, 4.69) is 4.72 Å². The zero-order valence-corrected chi connectivity index (χ0v) is 11.2. The van der Waals surface area contributed by atoms with Gasteiger partial charge in [-0.05, 0) is 12.5 Å². The predicted octanol–water partition coefficient (Wildman–Crippen LogP) is 1.42. The van der Waals surface area contributed by atoms with E-state index in [9.17, 15) is 13.2 Å². The lowest BCUT2D eigenvalue weighted by atomic mass is 10.2. The summed E-state index contributed by atoms with van der Waals surface area (Å²) >= 11 is 0.841. The van der Waals surface area contributed by atoms with Crippen LogP contribution in [0.4, 0.5) is 0 Å². The maximum Gasteiger partial charge on any atom is 0.336 e. The van der Waals surface area contributed by atoms with Crippen molar-refractivity contribution in [3.8, 4) is 6.07 Å². The number of hydrogen-bond acceptors (Lipinski definition) is 5. The van der Waals surface area contributed by atoms with E-state index >= 15 is 0 Å². The van der Waals surface area contributed by atoms with Crippen molar-refractivity contribution in [1.82, 2.24) is 4.72 Å². The monoisotopic (exact) mass is 288 g/mol. The number of hydrogen-bond donors (Lipinski definition) is 2. The van der Waals surface area contributed by atoms with Gasteiger partial charge in [0, 0.05) is 11.4 Å². The van der Waals surface area contributed by atoms with Crippen LogP contribution in [0.3, 0.4) is 0 Å². The van der Waals surface area contributed by atoms with Crippen molar-refractivity contribution < 1.29 is 18.3 Å². The van der Waals surface area contributed by atoms with Crippen LogP contribution in [-0.4, -0.2) is 25.5 Å². The van der Waals surface area contributed by atoms with Gasteiger partial charge in [-0.2, -0.15) is 5.26 Å². The molecule has 1 aromatic rings. The van der Waals surface area contributed by atoms with E-state index in [1.807, 2.05) is 6.07 Å². The van der Waals surface area contributed by atoms with Gasteiger partial charge in [-0.3, -0.25) is 0 Å². The van der Waals surface area contributed by atoms with Crippen LogP contribution in [0.5, 0.6) is 0 Å². The summed E-state index contributed by atoms with van der Waals surface area (Å²) in [4.78, 5) is 10.7. The molecule has 0 aliphatic rings. The van der Waals surface area contributed by atoms with Gasteiger partial charge in [0.2, 0.25) is 10.0 Å². The smallest absolute Gasteiger partial charge is 0.336 e. The number of nitrogens with one attached hydrogen (secondary N) is 1. The van der Waals surface area contributed by atoms with Gasteiger partial charge in [0.15, 0.2) is 0 Å². The zero-order valence-electron chi connectivity index (χ0n) is 9.58. The van der Waals surface area contributed by atoms with Gasteiger partial charge in [-0.25, -0.2) is 17.9 Å². The predicted molar refractivity (Wildman–Crippen MR) is 65.9 cm³/mol. The molecule has 0 spiro atoms. The molecule has 0 aliphatic heterocycles. The Balaban J connectivity index is 2.92. The second kappa shape index (κ2) is 5.95. The SMILES string of the molecule is CCC(CC#N)NS(=O)(=O)c1cc(C(=O)O)cs1. The third-order valence-corrected chi connectivity index (χ3v) is 5.20. The molecule has 0 radical (unpaired) electrons. The first-order valence-electron chi connectivity index (χ1n) is 5.11. The summed E-state index contributed by atoms with van der Waals surface area (Å²) in [5.41, 5.74) is -0.0614. The van der Waals surface area contributed by atoms with E-state index < -0.39 is 22.0 Å². The van der Waals surface area contributed by atoms with Crippen molar-refractivity contribution >= 4 is 27.3 Å². The Morgan fingerprint density at radius 3 is 2.78 bits per heavy atom. The lowest BCUT2D eigenvalue weighted by Gasteiger charge is -2.12. The van der Waals surface area contributed by atoms with E-state index in [0.29, 0.717) is 6.42 Å². The number of aromatic carboxylic acids is 1. The summed E-state index contributed by atoms with van der Waals surface area (Å²) in [6.07, 6.45) is 0.566. The van der Waals surface area contributed by atoms with Crippen molar-refractivity contribution in [3.05, 3.63) is 17.0 Å². The lowest BCUT2D eigenvalue weighted by Crippen LogP contribution is -2.33. The summed E-state index contributed by atoms with van der Waals surface area (Å²) < 4.78 is 26.1. The summed E-state index contributed by atoms with van der Waals surface area (Å²) in [5, 5.41) is 18.5. The summed E-state index contributed by atoms with van der Waals surface area (Å²) in [6, 6.07) is 2.54. The van der Waals surface area contributed by atoms with Crippen molar-refractivity contribution in [2.45, 2.75) is 30.0 Å². The number of carboxylic acids is 1. The normalized spacial score (nSPS) is 12.9. The highest BCUT2D eigenvalue weighted by atomic mass is 32.2. The van der Waals surface area contributed by atoms with Crippen LogP contribution in [0.1, 0.15) is 30.1 Å². The molecule has 1 unspecified atom stereocenters. The highest BCUT2D eigenvalue weighted by Gasteiger charge is 2.22. The van der Waals surface area contributed by atoms with Gasteiger partial charge >= 0.3 is 5.97 Å². The van der Waals surface area contributed by atoms with Crippen LogP contribution < -0.4 is 4.72 Å². The van der Waals surface area contributed by atoms with Crippen molar-refractivity contribution in [1.29, 1.82) is 5.26 Å². The first-order valence-corrected chi connectivity index (χ1v) is 7.48. The molecule has 1 heterocycles. The zero-order chi connectivity index (χ0) is 13.8. The van der Waals surface area contributed by atoms with E-state index in [1.54, 1.807) is 6.92 Å². The molecule has 1 atom stereocenters.